The molecule has 6 heteroatoms. The molecular weight excluding hydrogens is 254 g/mol. The minimum absolute atomic E-state index is 0.212. The number of nitrogens with zero attached hydrogens (tertiary/aromatic N) is 4. The van der Waals surface area contributed by atoms with Gasteiger partial charge in [0.15, 0.2) is 0 Å². The summed E-state index contributed by atoms with van der Waals surface area (Å²) in [5, 5.41) is 2.75. The highest BCUT2D eigenvalue weighted by Crippen LogP contribution is 2.16. The molecule has 0 saturated carbocycles. The summed E-state index contributed by atoms with van der Waals surface area (Å²) in [7, 11) is 0. The van der Waals surface area contributed by atoms with E-state index in [0.717, 1.165) is 19.0 Å². The van der Waals surface area contributed by atoms with Gasteiger partial charge in [0.1, 0.15) is 0 Å². The molecule has 20 heavy (non-hydrogen) atoms. The molecule has 0 atom stereocenters. The summed E-state index contributed by atoms with van der Waals surface area (Å²) in [6, 6.07) is 3.43. The third-order valence-corrected chi connectivity index (χ3v) is 3.21. The second-order valence-corrected chi connectivity index (χ2v) is 4.66. The van der Waals surface area contributed by atoms with Crippen molar-refractivity contribution >= 4 is 17.5 Å². The summed E-state index contributed by atoms with van der Waals surface area (Å²) in [4.78, 5) is 26.6. The lowest BCUT2D eigenvalue weighted by atomic mass is 10.2. The zero-order valence-electron chi connectivity index (χ0n) is 11.0. The van der Waals surface area contributed by atoms with Crippen LogP contribution >= 0.6 is 0 Å². The number of hydrogen-bond donors (Lipinski definition) is 1. The molecule has 1 aliphatic rings. The van der Waals surface area contributed by atoms with E-state index in [0.29, 0.717) is 11.3 Å². The standard InChI is InChI=1S/C14H15N5O/c20-13(11-4-3-5-15-8-11)18-12-9-16-14(17-10-12)19-6-1-2-7-19/h3-5,8-10H,1-2,6-7H2,(H,18,20). The van der Waals surface area contributed by atoms with Gasteiger partial charge in [-0.15, -0.1) is 0 Å². The molecule has 3 heterocycles. The van der Waals surface area contributed by atoms with Gasteiger partial charge in [0, 0.05) is 25.5 Å². The molecular formula is C14H15N5O. The third-order valence-electron chi connectivity index (χ3n) is 3.21. The van der Waals surface area contributed by atoms with Crippen LogP contribution in [0.3, 0.4) is 0 Å². The molecule has 2 aromatic heterocycles. The number of anilines is 2. The number of amides is 1. The lowest BCUT2D eigenvalue weighted by Gasteiger charge is -2.14. The number of rotatable bonds is 3. The maximum atomic E-state index is 11.9. The van der Waals surface area contributed by atoms with Crippen LogP contribution in [0.5, 0.6) is 0 Å². The van der Waals surface area contributed by atoms with Crippen molar-refractivity contribution in [2.75, 3.05) is 23.3 Å². The van der Waals surface area contributed by atoms with E-state index in [9.17, 15) is 4.79 Å². The summed E-state index contributed by atoms with van der Waals surface area (Å²) >= 11 is 0. The van der Waals surface area contributed by atoms with E-state index in [1.165, 1.54) is 19.0 Å². The second-order valence-electron chi connectivity index (χ2n) is 4.66. The van der Waals surface area contributed by atoms with Gasteiger partial charge in [-0.2, -0.15) is 0 Å². The van der Waals surface area contributed by atoms with Crippen molar-refractivity contribution in [3.63, 3.8) is 0 Å². The van der Waals surface area contributed by atoms with E-state index in [2.05, 4.69) is 25.2 Å². The number of carbonyl (C=O) groups is 1. The molecule has 3 rings (SSSR count). The quantitative estimate of drug-likeness (QED) is 0.918. The first-order valence-corrected chi connectivity index (χ1v) is 6.61. The fraction of sp³-hybridized carbons (Fsp3) is 0.286. The van der Waals surface area contributed by atoms with E-state index < -0.39 is 0 Å². The van der Waals surface area contributed by atoms with E-state index in [4.69, 9.17) is 0 Å². The molecule has 0 aliphatic carbocycles. The van der Waals surface area contributed by atoms with Gasteiger partial charge in [-0.25, -0.2) is 9.97 Å². The minimum Gasteiger partial charge on any atom is -0.341 e. The second kappa shape index (κ2) is 5.64. The predicted octanol–water partition coefficient (Wildman–Crippen LogP) is 1.72. The molecule has 1 amide bonds. The Morgan fingerprint density at radius 1 is 1.15 bits per heavy atom. The predicted molar refractivity (Wildman–Crippen MR) is 75.7 cm³/mol. The SMILES string of the molecule is O=C(Nc1cnc(N2CCCC2)nc1)c1cccnc1. The van der Waals surface area contributed by atoms with Crippen LogP contribution in [0.15, 0.2) is 36.9 Å². The molecule has 0 spiro atoms. The zero-order chi connectivity index (χ0) is 13.8. The van der Waals surface area contributed by atoms with Crippen molar-refractivity contribution in [1.29, 1.82) is 0 Å². The Morgan fingerprint density at radius 3 is 2.55 bits per heavy atom. The van der Waals surface area contributed by atoms with Crippen LogP contribution in [0.2, 0.25) is 0 Å². The first-order chi connectivity index (χ1) is 9.83. The fourth-order valence-corrected chi connectivity index (χ4v) is 2.17. The van der Waals surface area contributed by atoms with Gasteiger partial charge in [-0.3, -0.25) is 9.78 Å². The van der Waals surface area contributed by atoms with E-state index in [1.807, 2.05) is 0 Å². The number of hydrogen-bond acceptors (Lipinski definition) is 5. The topological polar surface area (TPSA) is 71.0 Å². The maximum absolute atomic E-state index is 11.9. The van der Waals surface area contributed by atoms with Crippen molar-refractivity contribution in [2.24, 2.45) is 0 Å². The summed E-state index contributed by atoms with van der Waals surface area (Å²) < 4.78 is 0. The summed E-state index contributed by atoms with van der Waals surface area (Å²) in [5.74, 6) is 0.512. The van der Waals surface area contributed by atoms with Crippen molar-refractivity contribution in [2.45, 2.75) is 12.8 Å². The molecule has 1 aliphatic heterocycles. The van der Waals surface area contributed by atoms with Crippen molar-refractivity contribution in [3.05, 3.63) is 42.5 Å². The maximum Gasteiger partial charge on any atom is 0.257 e. The normalized spacial score (nSPS) is 14.3. The highest BCUT2D eigenvalue weighted by atomic mass is 16.1. The van der Waals surface area contributed by atoms with Gasteiger partial charge in [0.05, 0.1) is 23.6 Å². The average Bonchev–Trinajstić information content (AvgIpc) is 3.03. The van der Waals surface area contributed by atoms with Gasteiger partial charge in [0.2, 0.25) is 5.95 Å². The summed E-state index contributed by atoms with van der Waals surface area (Å²) in [5.41, 5.74) is 1.10. The molecule has 0 unspecified atom stereocenters. The Labute approximate surface area is 116 Å². The van der Waals surface area contributed by atoms with Gasteiger partial charge < -0.3 is 10.2 Å². The molecule has 1 fully saturated rings. The van der Waals surface area contributed by atoms with Crippen LogP contribution in [-0.4, -0.2) is 33.9 Å². The monoisotopic (exact) mass is 269 g/mol. The van der Waals surface area contributed by atoms with Crippen molar-refractivity contribution < 1.29 is 4.79 Å². The molecule has 6 nitrogen and oxygen atoms in total. The number of carbonyl (C=O) groups excluding carboxylic acids is 1. The number of pyridine rings is 1. The lowest BCUT2D eigenvalue weighted by molar-refractivity contribution is 0.102. The fourth-order valence-electron chi connectivity index (χ4n) is 2.17. The summed E-state index contributed by atoms with van der Waals surface area (Å²) in [6.07, 6.45) is 8.79. The van der Waals surface area contributed by atoms with Gasteiger partial charge in [-0.05, 0) is 25.0 Å². The summed E-state index contributed by atoms with van der Waals surface area (Å²) in [6.45, 7) is 2.00. The Balaban J connectivity index is 1.67. The van der Waals surface area contributed by atoms with Crippen LogP contribution in [0, 0.1) is 0 Å². The first kappa shape index (κ1) is 12.5. The van der Waals surface area contributed by atoms with Gasteiger partial charge >= 0.3 is 0 Å². The van der Waals surface area contributed by atoms with Crippen LogP contribution in [0.25, 0.3) is 0 Å². The average molecular weight is 269 g/mol. The lowest BCUT2D eigenvalue weighted by Crippen LogP contribution is -2.20. The Morgan fingerprint density at radius 2 is 1.90 bits per heavy atom. The minimum atomic E-state index is -0.212. The molecule has 0 bridgehead atoms. The van der Waals surface area contributed by atoms with Gasteiger partial charge in [-0.1, -0.05) is 0 Å². The molecule has 1 N–H and O–H groups in total. The molecule has 2 aromatic rings. The van der Waals surface area contributed by atoms with Gasteiger partial charge in [0.25, 0.3) is 5.91 Å². The van der Waals surface area contributed by atoms with Crippen molar-refractivity contribution in [1.82, 2.24) is 15.0 Å². The molecule has 1 saturated heterocycles. The molecule has 102 valence electrons. The Bertz CT molecular complexity index is 578. The van der Waals surface area contributed by atoms with E-state index in [1.54, 1.807) is 30.7 Å². The third kappa shape index (κ3) is 2.74. The zero-order valence-corrected chi connectivity index (χ0v) is 11.0. The Kier molecular flexibility index (Phi) is 3.54. The van der Waals surface area contributed by atoms with Crippen molar-refractivity contribution in [3.8, 4) is 0 Å². The van der Waals surface area contributed by atoms with E-state index >= 15 is 0 Å². The highest BCUT2D eigenvalue weighted by molar-refractivity contribution is 6.03. The Hall–Kier alpha value is -2.50. The molecule has 0 radical (unpaired) electrons. The van der Waals surface area contributed by atoms with Crippen LogP contribution < -0.4 is 10.2 Å². The van der Waals surface area contributed by atoms with Crippen LogP contribution in [0.1, 0.15) is 23.2 Å². The highest BCUT2D eigenvalue weighted by Gasteiger charge is 2.14. The number of nitrogens with one attached hydrogen (secondary N) is 1. The first-order valence-electron chi connectivity index (χ1n) is 6.61. The smallest absolute Gasteiger partial charge is 0.257 e. The number of aromatic nitrogens is 3. The van der Waals surface area contributed by atoms with Crippen LogP contribution in [-0.2, 0) is 0 Å². The van der Waals surface area contributed by atoms with E-state index in [-0.39, 0.29) is 5.91 Å². The largest absolute Gasteiger partial charge is 0.341 e. The van der Waals surface area contributed by atoms with Crippen LogP contribution in [0.4, 0.5) is 11.6 Å². The molecule has 0 aromatic carbocycles.